The summed E-state index contributed by atoms with van der Waals surface area (Å²) >= 11 is 12.9. The number of unbranched alkanes of at least 4 members (excludes halogenated alkanes) is 1. The van der Waals surface area contributed by atoms with Crippen molar-refractivity contribution in [2.24, 2.45) is 0 Å². The van der Waals surface area contributed by atoms with Crippen molar-refractivity contribution in [3.63, 3.8) is 0 Å². The molecule has 3 aromatic rings. The normalized spacial score (nSPS) is 11.7. The summed E-state index contributed by atoms with van der Waals surface area (Å²) in [4.78, 5) is 28.5. The van der Waals surface area contributed by atoms with Gasteiger partial charge in [-0.05, 0) is 35.7 Å². The van der Waals surface area contributed by atoms with Crippen molar-refractivity contribution >= 4 is 35.0 Å². The summed E-state index contributed by atoms with van der Waals surface area (Å²) in [5, 5.41) is 3.75. The summed E-state index contributed by atoms with van der Waals surface area (Å²) in [5.41, 5.74) is 1.70. The zero-order valence-electron chi connectivity index (χ0n) is 19.6. The lowest BCUT2D eigenvalue weighted by Crippen LogP contribution is -2.51. The summed E-state index contributed by atoms with van der Waals surface area (Å²) in [7, 11) is 0. The van der Waals surface area contributed by atoms with Gasteiger partial charge in [-0.1, -0.05) is 91.1 Å². The first-order valence-electron chi connectivity index (χ1n) is 11.7. The van der Waals surface area contributed by atoms with E-state index in [1.807, 2.05) is 37.3 Å². The first kappa shape index (κ1) is 26.7. The van der Waals surface area contributed by atoms with Crippen LogP contribution in [0.1, 0.15) is 36.5 Å². The van der Waals surface area contributed by atoms with Crippen LogP contribution in [-0.2, 0) is 29.0 Å². The molecule has 0 radical (unpaired) electrons. The molecule has 1 N–H and O–H groups in total. The van der Waals surface area contributed by atoms with Crippen LogP contribution in [0.2, 0.25) is 10.0 Å². The Morgan fingerprint density at radius 3 is 2.26 bits per heavy atom. The van der Waals surface area contributed by atoms with Crippen molar-refractivity contribution < 1.29 is 14.0 Å². The molecule has 1 atom stereocenters. The van der Waals surface area contributed by atoms with Crippen LogP contribution in [0.15, 0.2) is 72.8 Å². The van der Waals surface area contributed by atoms with Crippen molar-refractivity contribution in [2.75, 3.05) is 6.54 Å². The van der Waals surface area contributed by atoms with Gasteiger partial charge in [0.1, 0.15) is 11.9 Å². The highest BCUT2D eigenvalue weighted by molar-refractivity contribution is 6.36. The average molecular weight is 515 g/mol. The van der Waals surface area contributed by atoms with Crippen molar-refractivity contribution in [1.82, 2.24) is 10.2 Å². The third-order valence-corrected chi connectivity index (χ3v) is 6.50. The molecule has 0 heterocycles. The number of halogens is 3. The zero-order chi connectivity index (χ0) is 25.2. The van der Waals surface area contributed by atoms with Gasteiger partial charge in [-0.15, -0.1) is 0 Å². The number of hydrogen-bond acceptors (Lipinski definition) is 2. The maximum Gasteiger partial charge on any atom is 0.243 e. The Labute approximate surface area is 216 Å². The Hall–Kier alpha value is -2.89. The van der Waals surface area contributed by atoms with Gasteiger partial charge in [0, 0.05) is 35.1 Å². The predicted molar refractivity (Wildman–Crippen MR) is 139 cm³/mol. The van der Waals surface area contributed by atoms with Crippen LogP contribution in [0.3, 0.4) is 0 Å². The summed E-state index contributed by atoms with van der Waals surface area (Å²) in [6.45, 7) is 2.56. The molecule has 0 fully saturated rings. The second-order valence-electron chi connectivity index (χ2n) is 8.34. The number of amides is 2. The van der Waals surface area contributed by atoms with E-state index >= 15 is 0 Å². The van der Waals surface area contributed by atoms with Gasteiger partial charge < -0.3 is 10.2 Å². The van der Waals surface area contributed by atoms with Crippen molar-refractivity contribution in [3.05, 3.63) is 105 Å². The molecule has 2 amide bonds. The third kappa shape index (κ3) is 7.55. The molecule has 3 aromatic carbocycles. The number of benzene rings is 3. The van der Waals surface area contributed by atoms with Gasteiger partial charge in [0.05, 0.1) is 6.42 Å². The van der Waals surface area contributed by atoms with Crippen LogP contribution in [-0.4, -0.2) is 29.3 Å². The largest absolute Gasteiger partial charge is 0.354 e. The fraction of sp³-hybridized carbons (Fsp3) is 0.286. The number of nitrogens with zero attached hydrogens (tertiary/aromatic N) is 1. The molecule has 35 heavy (non-hydrogen) atoms. The molecule has 0 aliphatic heterocycles. The van der Waals surface area contributed by atoms with E-state index in [2.05, 4.69) is 5.32 Å². The molecule has 0 bridgehead atoms. The Kier molecular flexibility index (Phi) is 10.1. The minimum Gasteiger partial charge on any atom is -0.354 e. The fourth-order valence-corrected chi connectivity index (χ4v) is 4.34. The van der Waals surface area contributed by atoms with Gasteiger partial charge in [0.2, 0.25) is 11.8 Å². The van der Waals surface area contributed by atoms with Crippen LogP contribution in [0.5, 0.6) is 0 Å². The summed E-state index contributed by atoms with van der Waals surface area (Å²) in [6, 6.07) is 19.9. The van der Waals surface area contributed by atoms with E-state index in [1.165, 1.54) is 11.0 Å². The molecule has 4 nitrogen and oxygen atoms in total. The van der Waals surface area contributed by atoms with Gasteiger partial charge in [-0.2, -0.15) is 0 Å². The van der Waals surface area contributed by atoms with E-state index in [4.69, 9.17) is 23.2 Å². The Balaban J connectivity index is 2.00. The maximum absolute atomic E-state index is 14.4. The topological polar surface area (TPSA) is 49.4 Å². The Morgan fingerprint density at radius 2 is 1.60 bits per heavy atom. The molecule has 0 saturated heterocycles. The highest BCUT2D eigenvalue weighted by Gasteiger charge is 2.31. The number of rotatable bonds is 11. The van der Waals surface area contributed by atoms with E-state index in [9.17, 15) is 14.0 Å². The molecular weight excluding hydrogens is 486 g/mol. The molecule has 3 rings (SSSR count). The molecule has 7 heteroatoms. The highest BCUT2D eigenvalue weighted by Crippen LogP contribution is 2.27. The first-order valence-corrected chi connectivity index (χ1v) is 12.4. The van der Waals surface area contributed by atoms with Crippen molar-refractivity contribution in [3.8, 4) is 0 Å². The number of hydrogen-bond donors (Lipinski definition) is 1. The summed E-state index contributed by atoms with van der Waals surface area (Å²) < 4.78 is 14.4. The van der Waals surface area contributed by atoms with Gasteiger partial charge in [0.15, 0.2) is 0 Å². The molecule has 0 aromatic heterocycles. The summed E-state index contributed by atoms with van der Waals surface area (Å²) in [5.74, 6) is -1.13. The standard InChI is InChI=1S/C28H29Cl2FN2O2/c1-2-3-16-32-28(35)26(17-20-10-5-4-6-11-20)33(19-22-23(29)13-9-14-24(22)30)27(34)18-21-12-7-8-15-25(21)31/h4-15,26H,2-3,16-19H2,1H3,(H,32,35)/t26-/m1/s1. The lowest BCUT2D eigenvalue weighted by molar-refractivity contribution is -0.140. The number of nitrogens with one attached hydrogen (secondary N) is 1. The third-order valence-electron chi connectivity index (χ3n) is 5.79. The van der Waals surface area contributed by atoms with E-state index in [-0.39, 0.29) is 24.4 Å². The van der Waals surface area contributed by atoms with Crippen LogP contribution in [0.4, 0.5) is 4.39 Å². The second kappa shape index (κ2) is 13.3. The minimum absolute atomic E-state index is 0.0183. The lowest BCUT2D eigenvalue weighted by Gasteiger charge is -2.32. The zero-order valence-corrected chi connectivity index (χ0v) is 21.2. The van der Waals surface area contributed by atoms with E-state index < -0.39 is 17.8 Å². The SMILES string of the molecule is CCCCNC(=O)[C@@H](Cc1ccccc1)N(Cc1c(Cl)cccc1Cl)C(=O)Cc1ccccc1F. The fourth-order valence-electron chi connectivity index (χ4n) is 3.82. The molecular formula is C28H29Cl2FN2O2. The van der Waals surface area contributed by atoms with E-state index in [0.29, 0.717) is 28.6 Å². The molecule has 184 valence electrons. The maximum atomic E-state index is 14.4. The van der Waals surface area contributed by atoms with Crippen molar-refractivity contribution in [1.29, 1.82) is 0 Å². The lowest BCUT2D eigenvalue weighted by atomic mass is 10.0. The average Bonchev–Trinajstić information content (AvgIpc) is 2.85. The van der Waals surface area contributed by atoms with Crippen LogP contribution < -0.4 is 5.32 Å². The smallest absolute Gasteiger partial charge is 0.243 e. The summed E-state index contributed by atoms with van der Waals surface area (Å²) in [6.07, 6.45) is 1.85. The van der Waals surface area contributed by atoms with Crippen molar-refractivity contribution in [2.45, 2.75) is 45.2 Å². The van der Waals surface area contributed by atoms with Gasteiger partial charge in [0.25, 0.3) is 0 Å². The monoisotopic (exact) mass is 514 g/mol. The van der Waals surface area contributed by atoms with Gasteiger partial charge in [-0.25, -0.2) is 4.39 Å². The molecule has 0 saturated carbocycles. The molecule has 0 aliphatic rings. The van der Waals surface area contributed by atoms with E-state index in [1.54, 1.807) is 36.4 Å². The minimum atomic E-state index is -0.833. The second-order valence-corrected chi connectivity index (χ2v) is 9.15. The van der Waals surface area contributed by atoms with Crippen LogP contribution >= 0.6 is 23.2 Å². The predicted octanol–water partition coefficient (Wildman–Crippen LogP) is 6.23. The van der Waals surface area contributed by atoms with Crippen LogP contribution in [0, 0.1) is 5.82 Å². The molecule has 0 aliphatic carbocycles. The number of carbonyl (C=O) groups is 2. The molecule has 0 unspecified atom stereocenters. The van der Waals surface area contributed by atoms with Gasteiger partial charge in [-0.3, -0.25) is 9.59 Å². The van der Waals surface area contributed by atoms with E-state index in [0.717, 1.165) is 18.4 Å². The van der Waals surface area contributed by atoms with Crippen LogP contribution in [0.25, 0.3) is 0 Å². The first-order chi connectivity index (χ1) is 16.9. The Bertz CT molecular complexity index is 1120. The Morgan fingerprint density at radius 1 is 0.943 bits per heavy atom. The quantitative estimate of drug-likeness (QED) is 0.308. The highest BCUT2D eigenvalue weighted by atomic mass is 35.5. The molecule has 0 spiro atoms. The number of carbonyl (C=O) groups excluding carboxylic acids is 2. The van der Waals surface area contributed by atoms with Gasteiger partial charge >= 0.3 is 0 Å².